The van der Waals surface area contributed by atoms with Crippen LogP contribution >= 0.6 is 11.6 Å². The van der Waals surface area contributed by atoms with Gasteiger partial charge in [-0.25, -0.2) is 18.1 Å². The second-order valence-electron chi connectivity index (χ2n) is 7.61. The van der Waals surface area contributed by atoms with Gasteiger partial charge in [0.05, 0.1) is 17.9 Å². The van der Waals surface area contributed by atoms with E-state index in [1.807, 2.05) is 30.3 Å². The largest absolute Gasteiger partial charge is 0.491 e. The topological polar surface area (TPSA) is 86.8 Å². The van der Waals surface area contributed by atoms with Gasteiger partial charge in [0.2, 0.25) is 15.9 Å². The number of benzene rings is 2. The highest BCUT2D eigenvalue weighted by Crippen LogP contribution is 2.36. The molecule has 0 unspecified atom stereocenters. The SMILES string of the molecule is COCCOc1ccc(CS(=O)(=O)NCCc2ccccc2)c(Oc2ncc(C(F)(F)F)cc2Cl)c1. The molecule has 0 saturated carbocycles. The van der Waals surface area contributed by atoms with Crippen molar-refractivity contribution in [3.8, 4) is 17.4 Å². The van der Waals surface area contributed by atoms with Gasteiger partial charge in [-0.3, -0.25) is 0 Å². The highest BCUT2D eigenvalue weighted by atomic mass is 35.5. The Bertz CT molecular complexity index is 1260. The molecule has 7 nitrogen and oxygen atoms in total. The molecule has 12 heteroatoms. The predicted octanol–water partition coefficient (Wildman–Crippen LogP) is 5.23. The number of nitrogens with zero attached hydrogens (tertiary/aromatic N) is 1. The lowest BCUT2D eigenvalue weighted by Crippen LogP contribution is -2.27. The Balaban J connectivity index is 1.80. The first kappa shape index (κ1) is 27.7. The molecular formula is C24H24ClF3N2O5S. The van der Waals surface area contributed by atoms with E-state index in [1.54, 1.807) is 6.07 Å². The molecular weight excluding hydrogens is 521 g/mol. The van der Waals surface area contributed by atoms with E-state index >= 15 is 0 Å². The third kappa shape index (κ3) is 8.37. The number of ether oxygens (including phenoxy) is 3. The van der Waals surface area contributed by atoms with Gasteiger partial charge >= 0.3 is 6.18 Å². The molecule has 0 saturated heterocycles. The van der Waals surface area contributed by atoms with Crippen LogP contribution in [0.5, 0.6) is 17.4 Å². The standard InChI is InChI=1S/C24H24ClF3N2O5S/c1-33-11-12-34-20-8-7-18(16-36(31,32)30-10-9-17-5-3-2-4-6-17)22(14-20)35-23-21(25)13-19(15-29-23)24(26,27)28/h2-8,13-15,30H,9-12,16H2,1H3. The fourth-order valence-electron chi connectivity index (χ4n) is 3.09. The number of pyridine rings is 1. The fourth-order valence-corrected chi connectivity index (χ4v) is 4.46. The van der Waals surface area contributed by atoms with Crippen molar-refractivity contribution in [1.82, 2.24) is 9.71 Å². The van der Waals surface area contributed by atoms with E-state index in [0.29, 0.717) is 31.0 Å². The van der Waals surface area contributed by atoms with E-state index in [0.717, 1.165) is 5.56 Å². The molecule has 0 amide bonds. The molecule has 0 radical (unpaired) electrons. The molecule has 1 aromatic heterocycles. The van der Waals surface area contributed by atoms with Crippen LogP contribution in [0.1, 0.15) is 16.7 Å². The van der Waals surface area contributed by atoms with Crippen molar-refractivity contribution < 1.29 is 35.8 Å². The van der Waals surface area contributed by atoms with Crippen molar-refractivity contribution in [3.05, 3.63) is 82.5 Å². The quantitative estimate of drug-likeness (QED) is 0.314. The van der Waals surface area contributed by atoms with Crippen molar-refractivity contribution in [2.75, 3.05) is 26.9 Å². The third-order valence-corrected chi connectivity index (χ3v) is 6.47. The van der Waals surface area contributed by atoms with Crippen LogP contribution in [-0.2, 0) is 33.1 Å². The average Bonchev–Trinajstić information content (AvgIpc) is 2.82. The maximum Gasteiger partial charge on any atom is 0.417 e. The minimum absolute atomic E-state index is 0.0208. The number of aromatic nitrogens is 1. The van der Waals surface area contributed by atoms with Crippen LogP contribution in [0.15, 0.2) is 60.8 Å². The van der Waals surface area contributed by atoms with Crippen LogP contribution in [-0.4, -0.2) is 40.3 Å². The van der Waals surface area contributed by atoms with Crippen LogP contribution in [0.25, 0.3) is 0 Å². The summed E-state index contributed by atoms with van der Waals surface area (Å²) in [5, 5.41) is -0.384. The van der Waals surface area contributed by atoms with Gasteiger partial charge in [0.25, 0.3) is 0 Å². The third-order valence-electron chi connectivity index (χ3n) is 4.86. The molecule has 0 bridgehead atoms. The minimum atomic E-state index is -4.63. The van der Waals surface area contributed by atoms with Gasteiger partial charge < -0.3 is 14.2 Å². The minimum Gasteiger partial charge on any atom is -0.491 e. The van der Waals surface area contributed by atoms with Gasteiger partial charge in [-0.15, -0.1) is 0 Å². The van der Waals surface area contributed by atoms with Crippen molar-refractivity contribution >= 4 is 21.6 Å². The number of nitrogens with one attached hydrogen (secondary N) is 1. The Labute approximate surface area is 212 Å². The lowest BCUT2D eigenvalue weighted by molar-refractivity contribution is -0.137. The number of hydrogen-bond donors (Lipinski definition) is 1. The Hall–Kier alpha value is -2.86. The summed E-state index contributed by atoms with van der Waals surface area (Å²) in [7, 11) is -2.27. The molecule has 3 rings (SSSR count). The molecule has 194 valence electrons. The van der Waals surface area contributed by atoms with Gasteiger partial charge in [0.1, 0.15) is 23.1 Å². The van der Waals surface area contributed by atoms with Crippen LogP contribution < -0.4 is 14.2 Å². The first-order chi connectivity index (χ1) is 17.1. The zero-order chi connectivity index (χ0) is 26.2. The number of hydrogen-bond acceptors (Lipinski definition) is 6. The molecule has 0 fully saturated rings. The van der Waals surface area contributed by atoms with E-state index in [-0.39, 0.29) is 35.4 Å². The second-order valence-corrected chi connectivity index (χ2v) is 9.82. The molecule has 0 aliphatic carbocycles. The highest BCUT2D eigenvalue weighted by molar-refractivity contribution is 7.88. The van der Waals surface area contributed by atoms with E-state index < -0.39 is 27.5 Å². The fraction of sp³-hybridized carbons (Fsp3) is 0.292. The normalized spacial score (nSPS) is 11.9. The Kier molecular flexibility index (Phi) is 9.55. The van der Waals surface area contributed by atoms with Crippen molar-refractivity contribution in [2.24, 2.45) is 0 Å². The molecule has 0 aliphatic heterocycles. The van der Waals surface area contributed by atoms with Gasteiger partial charge in [-0.05, 0) is 24.1 Å². The van der Waals surface area contributed by atoms with Crippen molar-refractivity contribution in [3.63, 3.8) is 0 Å². The zero-order valence-corrected chi connectivity index (χ0v) is 20.8. The number of methoxy groups -OCH3 is 1. The molecule has 0 aliphatic rings. The summed E-state index contributed by atoms with van der Waals surface area (Å²) < 4.78 is 83.0. The molecule has 0 spiro atoms. The lowest BCUT2D eigenvalue weighted by Gasteiger charge is -2.15. The van der Waals surface area contributed by atoms with Crippen LogP contribution in [0, 0.1) is 0 Å². The van der Waals surface area contributed by atoms with Gasteiger partial charge in [0.15, 0.2) is 0 Å². The van der Waals surface area contributed by atoms with Crippen molar-refractivity contribution in [2.45, 2.75) is 18.3 Å². The summed E-state index contributed by atoms with van der Waals surface area (Å²) in [6.07, 6.45) is -3.54. The summed E-state index contributed by atoms with van der Waals surface area (Å²) in [6.45, 7) is 0.713. The van der Waals surface area contributed by atoms with Gasteiger partial charge in [-0.2, -0.15) is 13.2 Å². The molecule has 0 atom stereocenters. The van der Waals surface area contributed by atoms with Crippen LogP contribution in [0.2, 0.25) is 5.02 Å². The monoisotopic (exact) mass is 544 g/mol. The van der Waals surface area contributed by atoms with Crippen LogP contribution in [0.4, 0.5) is 13.2 Å². The smallest absolute Gasteiger partial charge is 0.417 e. The summed E-state index contributed by atoms with van der Waals surface area (Å²) in [5.74, 6) is -0.404. The maximum atomic E-state index is 12.9. The number of rotatable bonds is 12. The van der Waals surface area contributed by atoms with Gasteiger partial charge in [0, 0.05) is 31.5 Å². The molecule has 36 heavy (non-hydrogen) atoms. The summed E-state index contributed by atoms with van der Waals surface area (Å²) >= 11 is 5.97. The Morgan fingerprint density at radius 2 is 1.81 bits per heavy atom. The molecule has 1 N–H and O–H groups in total. The lowest BCUT2D eigenvalue weighted by atomic mass is 10.2. The summed E-state index contributed by atoms with van der Waals surface area (Å²) in [4.78, 5) is 3.67. The van der Waals surface area contributed by atoms with Crippen molar-refractivity contribution in [1.29, 1.82) is 0 Å². The number of halogens is 4. The predicted molar refractivity (Wildman–Crippen MR) is 129 cm³/mol. The van der Waals surface area contributed by atoms with Crippen LogP contribution in [0.3, 0.4) is 0 Å². The van der Waals surface area contributed by atoms with E-state index in [2.05, 4.69) is 9.71 Å². The van der Waals surface area contributed by atoms with E-state index in [9.17, 15) is 21.6 Å². The number of sulfonamides is 1. The summed E-state index contributed by atoms with van der Waals surface area (Å²) in [6, 6.07) is 14.5. The Morgan fingerprint density at radius 3 is 2.47 bits per heavy atom. The van der Waals surface area contributed by atoms with E-state index in [4.69, 9.17) is 25.8 Å². The molecule has 2 aromatic carbocycles. The Morgan fingerprint density at radius 1 is 1.06 bits per heavy atom. The second kappa shape index (κ2) is 12.4. The van der Waals surface area contributed by atoms with Gasteiger partial charge in [-0.1, -0.05) is 48.0 Å². The summed E-state index contributed by atoms with van der Waals surface area (Å²) in [5.41, 5.74) is 0.172. The maximum absolute atomic E-state index is 12.9. The molecule has 1 heterocycles. The highest BCUT2D eigenvalue weighted by Gasteiger charge is 2.32. The first-order valence-corrected chi connectivity index (χ1v) is 12.8. The zero-order valence-electron chi connectivity index (χ0n) is 19.2. The first-order valence-electron chi connectivity index (χ1n) is 10.7. The van der Waals surface area contributed by atoms with E-state index in [1.165, 1.54) is 19.2 Å². The average molecular weight is 545 g/mol. The number of alkyl halides is 3. The molecule has 3 aromatic rings.